The zero-order valence-electron chi connectivity index (χ0n) is 12.1. The fraction of sp³-hybridized carbons (Fsp3) is 0.438. The normalized spacial score (nSPS) is 17.2. The number of nitrogens with zero attached hydrogens (tertiary/aromatic N) is 1. The Morgan fingerprint density at radius 3 is 2.84 bits per heavy atom. The van der Waals surface area contributed by atoms with Crippen LogP contribution in [0.4, 0.5) is 0 Å². The van der Waals surface area contributed by atoms with Crippen LogP contribution in [0.1, 0.15) is 45.7 Å². The van der Waals surface area contributed by atoms with Gasteiger partial charge in [-0.15, -0.1) is 0 Å². The predicted molar refractivity (Wildman–Crippen MR) is 81.3 cm³/mol. The third kappa shape index (κ3) is 2.98. The molecule has 1 aliphatic heterocycles. The monoisotopic (exact) mass is 257 g/mol. The lowest BCUT2D eigenvalue weighted by Gasteiger charge is -2.03. The summed E-state index contributed by atoms with van der Waals surface area (Å²) in [5.41, 5.74) is 5.89. The quantitative estimate of drug-likeness (QED) is 0.748. The Morgan fingerprint density at radius 1 is 1.37 bits per heavy atom. The van der Waals surface area contributed by atoms with Crippen molar-refractivity contribution in [2.45, 2.75) is 40.0 Å². The molecule has 0 saturated heterocycles. The summed E-state index contributed by atoms with van der Waals surface area (Å²) in [6.45, 7) is 7.56. The van der Waals surface area contributed by atoms with Gasteiger partial charge in [-0.2, -0.15) is 0 Å². The highest BCUT2D eigenvalue weighted by molar-refractivity contribution is 6.14. The first-order valence-electron chi connectivity index (χ1n) is 7.14. The largest absolute Gasteiger partial charge is 0.389 e. The van der Waals surface area contributed by atoms with Gasteiger partial charge < -0.3 is 10.3 Å². The molecule has 2 heterocycles. The number of aliphatic imine (C=N–C) groups is 1. The molecule has 0 saturated carbocycles. The molecule has 102 valence electrons. The molecule has 0 aliphatic carbocycles. The molecule has 0 unspecified atom stereocenters. The average molecular weight is 257 g/mol. The summed E-state index contributed by atoms with van der Waals surface area (Å²) in [4.78, 5) is 8.02. The van der Waals surface area contributed by atoms with Gasteiger partial charge in [0.25, 0.3) is 0 Å². The highest BCUT2D eigenvalue weighted by Gasteiger charge is 2.20. The summed E-state index contributed by atoms with van der Waals surface area (Å²) in [5, 5.41) is 3.36. The van der Waals surface area contributed by atoms with E-state index in [0.717, 1.165) is 30.1 Å². The molecule has 0 bridgehead atoms. The second-order valence-electron chi connectivity index (χ2n) is 4.84. The number of allylic oxidation sites excluding steroid dienone is 2. The number of aromatic amines is 1. The van der Waals surface area contributed by atoms with Crippen LogP contribution in [0.15, 0.2) is 46.4 Å². The molecular formula is C16H23N3. The van der Waals surface area contributed by atoms with E-state index in [-0.39, 0.29) is 0 Å². The van der Waals surface area contributed by atoms with Crippen LogP contribution in [0.3, 0.4) is 0 Å². The molecule has 2 N–H and O–H groups in total. The van der Waals surface area contributed by atoms with E-state index in [0.29, 0.717) is 0 Å². The summed E-state index contributed by atoms with van der Waals surface area (Å²) in [6.07, 6.45) is 7.41. The van der Waals surface area contributed by atoms with Crippen LogP contribution in [0.25, 0.3) is 0 Å². The van der Waals surface area contributed by atoms with Gasteiger partial charge in [0.1, 0.15) is 0 Å². The summed E-state index contributed by atoms with van der Waals surface area (Å²) in [6, 6.07) is 4.09. The van der Waals surface area contributed by atoms with Crippen molar-refractivity contribution in [1.29, 1.82) is 0 Å². The Morgan fingerprint density at radius 2 is 2.21 bits per heavy atom. The van der Waals surface area contributed by atoms with Crippen molar-refractivity contribution in [1.82, 2.24) is 10.3 Å². The van der Waals surface area contributed by atoms with Crippen molar-refractivity contribution in [2.24, 2.45) is 4.99 Å². The van der Waals surface area contributed by atoms with Gasteiger partial charge in [-0.3, -0.25) is 0 Å². The van der Waals surface area contributed by atoms with Crippen molar-refractivity contribution in [2.75, 3.05) is 6.54 Å². The van der Waals surface area contributed by atoms with E-state index >= 15 is 0 Å². The first-order valence-corrected chi connectivity index (χ1v) is 7.14. The standard InChI is InChI=1S/C16H23N3/c1-4-6-9-17-11-15-12(3)13(5-2)16(19-15)14-8-7-10-18-14/h7-8,10-11,17-18H,4-6,9H2,1-3H3. The van der Waals surface area contributed by atoms with Crippen LogP contribution < -0.4 is 5.32 Å². The van der Waals surface area contributed by atoms with Crippen LogP contribution in [-0.4, -0.2) is 17.2 Å². The first kappa shape index (κ1) is 13.7. The number of nitrogens with one attached hydrogen (secondary N) is 2. The second-order valence-corrected chi connectivity index (χ2v) is 4.84. The third-order valence-electron chi connectivity index (χ3n) is 3.48. The van der Waals surface area contributed by atoms with Crippen LogP contribution in [0.5, 0.6) is 0 Å². The van der Waals surface area contributed by atoms with E-state index in [1.54, 1.807) is 0 Å². The Hall–Kier alpha value is -1.77. The zero-order chi connectivity index (χ0) is 13.7. The van der Waals surface area contributed by atoms with E-state index in [2.05, 4.69) is 43.3 Å². The number of hydrogen-bond acceptors (Lipinski definition) is 2. The predicted octanol–water partition coefficient (Wildman–Crippen LogP) is 3.78. The van der Waals surface area contributed by atoms with Gasteiger partial charge in [-0.05, 0) is 43.0 Å². The lowest BCUT2D eigenvalue weighted by Crippen LogP contribution is -2.07. The molecular weight excluding hydrogens is 234 g/mol. The minimum atomic E-state index is 1.01. The van der Waals surface area contributed by atoms with E-state index in [1.165, 1.54) is 24.0 Å². The van der Waals surface area contributed by atoms with Gasteiger partial charge in [0.2, 0.25) is 0 Å². The molecule has 1 aliphatic rings. The Bertz CT molecular complexity index is 504. The molecule has 0 spiro atoms. The lowest BCUT2D eigenvalue weighted by atomic mass is 10.0. The molecule has 1 aromatic heterocycles. The van der Waals surface area contributed by atoms with E-state index in [4.69, 9.17) is 4.99 Å². The minimum absolute atomic E-state index is 1.01. The molecule has 0 aromatic carbocycles. The van der Waals surface area contributed by atoms with Crippen LogP contribution in [0, 0.1) is 0 Å². The number of rotatable bonds is 6. The van der Waals surface area contributed by atoms with Crippen molar-refractivity contribution in [3.63, 3.8) is 0 Å². The molecule has 3 heteroatoms. The van der Waals surface area contributed by atoms with Crippen molar-refractivity contribution < 1.29 is 0 Å². The maximum absolute atomic E-state index is 4.77. The average Bonchev–Trinajstić information content (AvgIpc) is 3.03. The Labute approximate surface area is 115 Å². The van der Waals surface area contributed by atoms with E-state index in [1.807, 2.05) is 12.3 Å². The highest BCUT2D eigenvalue weighted by atomic mass is 14.9. The molecule has 3 nitrogen and oxygen atoms in total. The third-order valence-corrected chi connectivity index (χ3v) is 3.48. The molecule has 0 radical (unpaired) electrons. The molecule has 1 aromatic rings. The van der Waals surface area contributed by atoms with Gasteiger partial charge in [0.05, 0.1) is 17.1 Å². The number of H-pyrrole nitrogens is 1. The summed E-state index contributed by atoms with van der Waals surface area (Å²) >= 11 is 0. The molecule has 0 amide bonds. The van der Waals surface area contributed by atoms with Crippen LogP contribution in [-0.2, 0) is 0 Å². The summed E-state index contributed by atoms with van der Waals surface area (Å²) in [5.74, 6) is 0. The smallest absolute Gasteiger partial charge is 0.0907 e. The second kappa shape index (κ2) is 6.41. The zero-order valence-corrected chi connectivity index (χ0v) is 12.1. The molecule has 0 atom stereocenters. The summed E-state index contributed by atoms with van der Waals surface area (Å²) in [7, 11) is 0. The lowest BCUT2D eigenvalue weighted by molar-refractivity contribution is 0.732. The molecule has 0 fully saturated rings. The summed E-state index contributed by atoms with van der Waals surface area (Å²) < 4.78 is 0. The Kier molecular flexibility index (Phi) is 4.61. The van der Waals surface area contributed by atoms with E-state index < -0.39 is 0 Å². The van der Waals surface area contributed by atoms with Gasteiger partial charge in [0, 0.05) is 18.9 Å². The van der Waals surface area contributed by atoms with E-state index in [9.17, 15) is 0 Å². The number of unbranched alkanes of at least 4 members (excludes halogenated alkanes) is 1. The van der Waals surface area contributed by atoms with Gasteiger partial charge in [-0.1, -0.05) is 20.3 Å². The highest BCUT2D eigenvalue weighted by Crippen LogP contribution is 2.29. The molecule has 19 heavy (non-hydrogen) atoms. The first-order chi connectivity index (χ1) is 9.27. The van der Waals surface area contributed by atoms with Gasteiger partial charge >= 0.3 is 0 Å². The van der Waals surface area contributed by atoms with Crippen molar-refractivity contribution >= 4 is 5.71 Å². The van der Waals surface area contributed by atoms with Crippen molar-refractivity contribution in [3.05, 3.63) is 47.1 Å². The van der Waals surface area contributed by atoms with Crippen LogP contribution >= 0.6 is 0 Å². The maximum Gasteiger partial charge on any atom is 0.0907 e. The number of aromatic nitrogens is 1. The van der Waals surface area contributed by atoms with Gasteiger partial charge in [-0.25, -0.2) is 4.99 Å². The Balaban J connectivity index is 2.20. The van der Waals surface area contributed by atoms with Crippen molar-refractivity contribution in [3.8, 4) is 0 Å². The van der Waals surface area contributed by atoms with Gasteiger partial charge in [0.15, 0.2) is 0 Å². The SMILES string of the molecule is CCCCNC=C1N=C(c2ccc[nH]2)C(CC)=C1C. The van der Waals surface area contributed by atoms with Crippen LogP contribution in [0.2, 0.25) is 0 Å². The fourth-order valence-electron chi connectivity index (χ4n) is 2.33. The fourth-order valence-corrected chi connectivity index (χ4v) is 2.33. The number of hydrogen-bond donors (Lipinski definition) is 2. The molecule has 2 rings (SSSR count). The maximum atomic E-state index is 4.77. The topological polar surface area (TPSA) is 40.2 Å². The minimum Gasteiger partial charge on any atom is -0.389 e.